The highest BCUT2D eigenvalue weighted by atomic mass is 16.5. The summed E-state index contributed by atoms with van der Waals surface area (Å²) >= 11 is 0. The molecule has 0 radical (unpaired) electrons. The highest BCUT2D eigenvalue weighted by Gasteiger charge is 2.31. The lowest BCUT2D eigenvalue weighted by Crippen LogP contribution is -2.45. The van der Waals surface area contributed by atoms with Gasteiger partial charge in [0.15, 0.2) is 0 Å². The number of amides is 1. The molecule has 1 fully saturated rings. The van der Waals surface area contributed by atoms with Gasteiger partial charge in [0.05, 0.1) is 18.6 Å². The number of carbonyl (C=O) groups excluding carboxylic acids is 1. The van der Waals surface area contributed by atoms with Gasteiger partial charge < -0.3 is 29.4 Å². The molecule has 0 saturated carbocycles. The normalized spacial score (nSPS) is 14.2. The number of aromatic nitrogens is 1. The minimum absolute atomic E-state index is 0.0732. The molecule has 2 N–H and O–H groups in total. The molecule has 0 atom stereocenters. The first-order valence-corrected chi connectivity index (χ1v) is 13.7. The molecule has 1 amide bonds. The number of hydrogen-bond donors (Lipinski definition) is 2. The Morgan fingerprint density at radius 2 is 1.56 bits per heavy atom. The minimum atomic E-state index is -1.04. The highest BCUT2D eigenvalue weighted by molar-refractivity contribution is 5.94. The van der Waals surface area contributed by atoms with E-state index >= 15 is 0 Å². The van der Waals surface area contributed by atoms with Crippen LogP contribution in [0.3, 0.4) is 0 Å². The standard InChI is InChI=1S/C31H39N3O5/c1-5-38-26-19-22(20-27(39-6-2)28(26)33-17-7-8-18-33)21-34(25-13-15-32-16-14-25)29(35)23-9-11-24(12-10-23)31(3,4)30(36)37/h7-12,17-20,25,32H,5-6,13-16,21H2,1-4H3,(H,36,37). The van der Waals surface area contributed by atoms with Crippen LogP contribution in [0.2, 0.25) is 0 Å². The summed E-state index contributed by atoms with van der Waals surface area (Å²) in [5.41, 5.74) is 1.92. The van der Waals surface area contributed by atoms with E-state index in [1.807, 2.05) is 60.0 Å². The molecule has 0 spiro atoms. The van der Waals surface area contributed by atoms with Gasteiger partial charge >= 0.3 is 5.97 Å². The molecule has 4 rings (SSSR count). The number of nitrogens with one attached hydrogen (secondary N) is 1. The number of rotatable bonds is 11. The van der Waals surface area contributed by atoms with Crippen LogP contribution in [-0.4, -0.2) is 58.8 Å². The Bertz CT molecular complexity index is 1230. The number of carbonyl (C=O) groups is 2. The van der Waals surface area contributed by atoms with Crippen LogP contribution in [0.5, 0.6) is 11.5 Å². The van der Waals surface area contributed by atoms with Gasteiger partial charge in [0.25, 0.3) is 5.91 Å². The average molecular weight is 534 g/mol. The first-order chi connectivity index (χ1) is 18.8. The van der Waals surface area contributed by atoms with Gasteiger partial charge in [-0.05, 0) is 101 Å². The summed E-state index contributed by atoms with van der Waals surface area (Å²) in [6, 6.07) is 15.0. The minimum Gasteiger partial charge on any atom is -0.492 e. The van der Waals surface area contributed by atoms with E-state index in [4.69, 9.17) is 9.47 Å². The largest absolute Gasteiger partial charge is 0.492 e. The highest BCUT2D eigenvalue weighted by Crippen LogP contribution is 2.36. The number of nitrogens with zero attached hydrogens (tertiary/aromatic N) is 2. The summed E-state index contributed by atoms with van der Waals surface area (Å²) in [5.74, 6) is 0.420. The molecule has 0 bridgehead atoms. The molecule has 1 aliphatic heterocycles. The van der Waals surface area contributed by atoms with Gasteiger partial charge in [0.1, 0.15) is 17.2 Å². The Labute approximate surface area is 230 Å². The number of ether oxygens (including phenoxy) is 2. The van der Waals surface area contributed by atoms with Crippen LogP contribution in [0.1, 0.15) is 62.0 Å². The quantitative estimate of drug-likeness (QED) is 0.359. The lowest BCUT2D eigenvalue weighted by molar-refractivity contribution is -0.142. The summed E-state index contributed by atoms with van der Waals surface area (Å²) in [5, 5.41) is 13.0. The zero-order valence-electron chi connectivity index (χ0n) is 23.3. The van der Waals surface area contributed by atoms with E-state index in [1.165, 1.54) is 0 Å². The Balaban J connectivity index is 1.70. The van der Waals surface area contributed by atoms with E-state index in [0.717, 1.165) is 37.2 Å². The molecule has 8 nitrogen and oxygen atoms in total. The van der Waals surface area contributed by atoms with Crippen LogP contribution < -0.4 is 14.8 Å². The Morgan fingerprint density at radius 3 is 2.08 bits per heavy atom. The van der Waals surface area contributed by atoms with E-state index in [9.17, 15) is 14.7 Å². The monoisotopic (exact) mass is 533 g/mol. The van der Waals surface area contributed by atoms with E-state index in [0.29, 0.717) is 42.4 Å². The summed E-state index contributed by atoms with van der Waals surface area (Å²) in [6.45, 7) is 10.3. The Kier molecular flexibility index (Phi) is 8.97. The smallest absolute Gasteiger partial charge is 0.313 e. The first-order valence-electron chi connectivity index (χ1n) is 13.7. The van der Waals surface area contributed by atoms with Crippen LogP contribution in [0.25, 0.3) is 5.69 Å². The summed E-state index contributed by atoms with van der Waals surface area (Å²) in [7, 11) is 0. The number of carboxylic acids is 1. The maximum absolute atomic E-state index is 13.9. The van der Waals surface area contributed by atoms with Crippen molar-refractivity contribution in [1.82, 2.24) is 14.8 Å². The van der Waals surface area contributed by atoms with Gasteiger partial charge in [0.2, 0.25) is 0 Å². The van der Waals surface area contributed by atoms with Crippen LogP contribution in [0, 0.1) is 0 Å². The molecule has 3 aromatic rings. The van der Waals surface area contributed by atoms with Crippen molar-refractivity contribution in [2.75, 3.05) is 26.3 Å². The van der Waals surface area contributed by atoms with Crippen molar-refractivity contribution in [3.63, 3.8) is 0 Å². The topological polar surface area (TPSA) is 93.0 Å². The summed E-state index contributed by atoms with van der Waals surface area (Å²) in [6.07, 6.45) is 5.63. The summed E-state index contributed by atoms with van der Waals surface area (Å²) in [4.78, 5) is 27.6. The number of carboxylic acid groups (broad SMARTS) is 1. The molecule has 2 heterocycles. The van der Waals surface area contributed by atoms with E-state index in [2.05, 4.69) is 5.32 Å². The van der Waals surface area contributed by atoms with Crippen LogP contribution in [0.15, 0.2) is 60.9 Å². The fourth-order valence-corrected chi connectivity index (χ4v) is 5.00. The maximum atomic E-state index is 13.9. The van der Waals surface area contributed by atoms with Gasteiger partial charge in [-0.1, -0.05) is 12.1 Å². The number of benzene rings is 2. The number of aliphatic carboxylic acids is 1. The molecule has 1 aliphatic rings. The van der Waals surface area contributed by atoms with Crippen LogP contribution in [-0.2, 0) is 16.8 Å². The Hall–Kier alpha value is -3.78. The molecule has 8 heteroatoms. The Morgan fingerprint density at radius 1 is 1.00 bits per heavy atom. The van der Waals surface area contributed by atoms with Crippen molar-refractivity contribution in [2.45, 2.75) is 58.5 Å². The van der Waals surface area contributed by atoms with E-state index in [1.54, 1.807) is 38.1 Å². The molecule has 2 aromatic carbocycles. The molecular formula is C31H39N3O5. The van der Waals surface area contributed by atoms with Crippen LogP contribution in [0.4, 0.5) is 0 Å². The second-order valence-corrected chi connectivity index (χ2v) is 10.3. The predicted molar refractivity (Wildman–Crippen MR) is 151 cm³/mol. The van der Waals surface area contributed by atoms with Crippen molar-refractivity contribution < 1.29 is 24.2 Å². The lowest BCUT2D eigenvalue weighted by atomic mass is 9.84. The molecular weight excluding hydrogens is 494 g/mol. The number of hydrogen-bond acceptors (Lipinski definition) is 5. The van der Waals surface area contributed by atoms with Gasteiger partial charge in [-0.25, -0.2) is 0 Å². The van der Waals surface area contributed by atoms with E-state index in [-0.39, 0.29) is 11.9 Å². The molecule has 1 saturated heterocycles. The number of piperidine rings is 1. The second kappa shape index (κ2) is 12.4. The fourth-order valence-electron chi connectivity index (χ4n) is 5.00. The maximum Gasteiger partial charge on any atom is 0.313 e. The predicted octanol–water partition coefficient (Wildman–Crippen LogP) is 5.03. The van der Waals surface area contributed by atoms with Crippen molar-refractivity contribution in [2.24, 2.45) is 0 Å². The second-order valence-electron chi connectivity index (χ2n) is 10.3. The van der Waals surface area contributed by atoms with Gasteiger partial charge in [-0.15, -0.1) is 0 Å². The lowest BCUT2D eigenvalue weighted by Gasteiger charge is -2.35. The van der Waals surface area contributed by atoms with Gasteiger partial charge in [0, 0.05) is 30.5 Å². The third-order valence-corrected chi connectivity index (χ3v) is 7.31. The van der Waals surface area contributed by atoms with Crippen molar-refractivity contribution in [1.29, 1.82) is 0 Å². The van der Waals surface area contributed by atoms with Gasteiger partial charge in [-0.3, -0.25) is 9.59 Å². The summed E-state index contributed by atoms with van der Waals surface area (Å²) < 4.78 is 14.1. The molecule has 0 aliphatic carbocycles. The molecule has 39 heavy (non-hydrogen) atoms. The fraction of sp³-hybridized carbons (Fsp3) is 0.419. The van der Waals surface area contributed by atoms with Crippen molar-refractivity contribution in [3.8, 4) is 17.2 Å². The molecule has 0 unspecified atom stereocenters. The molecule has 1 aromatic heterocycles. The van der Waals surface area contributed by atoms with Gasteiger partial charge in [-0.2, -0.15) is 0 Å². The van der Waals surface area contributed by atoms with Crippen molar-refractivity contribution >= 4 is 11.9 Å². The zero-order valence-corrected chi connectivity index (χ0v) is 23.3. The SMILES string of the molecule is CCOc1cc(CN(C(=O)c2ccc(C(C)(C)C(=O)O)cc2)C2CCNCC2)cc(OCC)c1-n1cccc1. The van der Waals surface area contributed by atoms with Crippen LogP contribution >= 0.6 is 0 Å². The zero-order chi connectivity index (χ0) is 28.0. The average Bonchev–Trinajstić information content (AvgIpc) is 3.47. The first kappa shape index (κ1) is 28.2. The third kappa shape index (κ3) is 6.28. The van der Waals surface area contributed by atoms with Crippen molar-refractivity contribution in [3.05, 3.63) is 77.6 Å². The molecule has 208 valence electrons. The third-order valence-electron chi connectivity index (χ3n) is 7.31. The van der Waals surface area contributed by atoms with E-state index < -0.39 is 11.4 Å².